The summed E-state index contributed by atoms with van der Waals surface area (Å²) in [6.07, 6.45) is 2.13. The number of anilines is 1. The minimum atomic E-state index is -0.324. The highest BCUT2D eigenvalue weighted by Crippen LogP contribution is 2.36. The van der Waals surface area contributed by atoms with Gasteiger partial charge in [-0.05, 0) is 29.1 Å². The number of aromatic nitrogens is 3. The summed E-state index contributed by atoms with van der Waals surface area (Å²) >= 11 is 1.73. The van der Waals surface area contributed by atoms with Gasteiger partial charge in [0.05, 0.1) is 24.3 Å². The van der Waals surface area contributed by atoms with Crippen LogP contribution in [0.25, 0.3) is 5.69 Å². The Hall–Kier alpha value is -2.51. The molecule has 0 aliphatic carbocycles. The van der Waals surface area contributed by atoms with Gasteiger partial charge in [0.2, 0.25) is 11.9 Å². The number of amides is 1. The first-order chi connectivity index (χ1) is 12.2. The predicted octanol–water partition coefficient (Wildman–Crippen LogP) is 3.22. The summed E-state index contributed by atoms with van der Waals surface area (Å²) in [7, 11) is 0. The van der Waals surface area contributed by atoms with Crippen molar-refractivity contribution in [1.29, 1.82) is 0 Å². The molecule has 4 rings (SSSR count). The Kier molecular flexibility index (Phi) is 4.33. The number of nitrogens with zero attached hydrogens (tertiary/aromatic N) is 3. The summed E-state index contributed by atoms with van der Waals surface area (Å²) < 4.78 is 7.50. The molecule has 3 aromatic rings. The molecule has 1 aromatic carbocycles. The first-order valence-electron chi connectivity index (χ1n) is 8.18. The maximum absolute atomic E-state index is 12.8. The van der Waals surface area contributed by atoms with Gasteiger partial charge in [0.15, 0.2) is 0 Å². The van der Waals surface area contributed by atoms with Crippen molar-refractivity contribution in [3.8, 4) is 5.69 Å². The van der Waals surface area contributed by atoms with Gasteiger partial charge in [-0.3, -0.25) is 10.1 Å². The largest absolute Gasteiger partial charge is 0.372 e. The molecule has 3 heterocycles. The van der Waals surface area contributed by atoms with E-state index in [2.05, 4.69) is 26.8 Å². The number of fused-ring (bicyclic) bond motifs is 1. The standard InChI is InChI=1S/C18H18N4O2S/c1-12(16-14-8-10-25-15(14)7-9-24-16)17(23)21-18-19-11-20-22(18)13-5-3-2-4-6-13/h2-6,8,10-12,16H,7,9H2,1H3,(H,19,20,21,23). The number of ether oxygens (including phenoxy) is 1. The molecular weight excluding hydrogens is 336 g/mol. The van der Waals surface area contributed by atoms with E-state index in [4.69, 9.17) is 4.74 Å². The summed E-state index contributed by atoms with van der Waals surface area (Å²) in [4.78, 5) is 18.2. The fourth-order valence-corrected chi connectivity index (χ4v) is 3.94. The van der Waals surface area contributed by atoms with Gasteiger partial charge < -0.3 is 4.74 Å². The highest BCUT2D eigenvalue weighted by molar-refractivity contribution is 7.10. The van der Waals surface area contributed by atoms with Crippen LogP contribution in [0.1, 0.15) is 23.5 Å². The number of rotatable bonds is 4. The molecule has 0 bridgehead atoms. The van der Waals surface area contributed by atoms with Gasteiger partial charge >= 0.3 is 0 Å². The van der Waals surface area contributed by atoms with Crippen LogP contribution in [0.15, 0.2) is 48.1 Å². The van der Waals surface area contributed by atoms with Crippen molar-refractivity contribution in [1.82, 2.24) is 14.8 Å². The van der Waals surface area contributed by atoms with Gasteiger partial charge in [-0.25, -0.2) is 0 Å². The molecule has 0 radical (unpaired) electrons. The van der Waals surface area contributed by atoms with Crippen molar-refractivity contribution in [2.24, 2.45) is 5.92 Å². The molecule has 2 aromatic heterocycles. The van der Waals surface area contributed by atoms with E-state index in [1.54, 1.807) is 16.0 Å². The summed E-state index contributed by atoms with van der Waals surface area (Å²) in [5.74, 6) is -0.0480. The van der Waals surface area contributed by atoms with E-state index in [0.29, 0.717) is 12.6 Å². The topological polar surface area (TPSA) is 69.0 Å². The van der Waals surface area contributed by atoms with Gasteiger partial charge in [0.1, 0.15) is 6.33 Å². The maximum atomic E-state index is 12.8. The van der Waals surface area contributed by atoms with Crippen LogP contribution in [0.4, 0.5) is 5.95 Å². The average Bonchev–Trinajstić information content (AvgIpc) is 3.30. The minimum Gasteiger partial charge on any atom is -0.372 e. The highest BCUT2D eigenvalue weighted by atomic mass is 32.1. The van der Waals surface area contributed by atoms with Crippen LogP contribution in [-0.4, -0.2) is 27.3 Å². The zero-order valence-corrected chi connectivity index (χ0v) is 14.6. The second-order valence-electron chi connectivity index (χ2n) is 5.95. The third-order valence-electron chi connectivity index (χ3n) is 4.36. The third-order valence-corrected chi connectivity index (χ3v) is 5.36. The first kappa shape index (κ1) is 16.0. The smallest absolute Gasteiger partial charge is 0.232 e. The van der Waals surface area contributed by atoms with Crippen LogP contribution in [0, 0.1) is 5.92 Å². The molecule has 0 saturated heterocycles. The Morgan fingerprint density at radius 2 is 2.20 bits per heavy atom. The molecule has 6 nitrogen and oxygen atoms in total. The van der Waals surface area contributed by atoms with E-state index in [-0.39, 0.29) is 17.9 Å². The van der Waals surface area contributed by atoms with E-state index in [0.717, 1.165) is 17.7 Å². The highest BCUT2D eigenvalue weighted by Gasteiger charge is 2.31. The fraction of sp³-hybridized carbons (Fsp3) is 0.278. The van der Waals surface area contributed by atoms with E-state index in [1.807, 2.05) is 37.3 Å². The normalized spacial score (nSPS) is 17.7. The molecule has 2 atom stereocenters. The predicted molar refractivity (Wildman–Crippen MR) is 95.9 cm³/mol. The van der Waals surface area contributed by atoms with Gasteiger partial charge in [-0.15, -0.1) is 11.3 Å². The lowest BCUT2D eigenvalue weighted by atomic mass is 9.94. The third kappa shape index (κ3) is 3.08. The average molecular weight is 354 g/mol. The molecule has 1 aliphatic heterocycles. The minimum absolute atomic E-state index is 0.130. The quantitative estimate of drug-likeness (QED) is 0.781. The van der Waals surface area contributed by atoms with Crippen LogP contribution in [-0.2, 0) is 16.0 Å². The van der Waals surface area contributed by atoms with Crippen molar-refractivity contribution in [2.75, 3.05) is 11.9 Å². The number of nitrogens with one attached hydrogen (secondary N) is 1. The van der Waals surface area contributed by atoms with Crippen molar-refractivity contribution < 1.29 is 9.53 Å². The van der Waals surface area contributed by atoms with Crippen LogP contribution in [0.3, 0.4) is 0 Å². The van der Waals surface area contributed by atoms with Crippen molar-refractivity contribution in [3.05, 3.63) is 58.5 Å². The molecule has 128 valence electrons. The van der Waals surface area contributed by atoms with Crippen LogP contribution in [0.2, 0.25) is 0 Å². The Labute approximate surface area is 149 Å². The van der Waals surface area contributed by atoms with Crippen molar-refractivity contribution >= 4 is 23.2 Å². The van der Waals surface area contributed by atoms with Gasteiger partial charge in [-0.2, -0.15) is 14.8 Å². The molecule has 0 saturated carbocycles. The van der Waals surface area contributed by atoms with E-state index in [1.165, 1.54) is 11.2 Å². The van der Waals surface area contributed by atoms with E-state index >= 15 is 0 Å². The molecule has 1 N–H and O–H groups in total. The van der Waals surface area contributed by atoms with Gasteiger partial charge in [-0.1, -0.05) is 25.1 Å². The monoisotopic (exact) mass is 354 g/mol. The molecular formula is C18H18N4O2S. The number of carbonyl (C=O) groups is 1. The summed E-state index contributed by atoms with van der Waals surface area (Å²) in [6.45, 7) is 2.53. The number of hydrogen-bond donors (Lipinski definition) is 1. The second-order valence-corrected chi connectivity index (χ2v) is 6.95. The lowest BCUT2D eigenvalue weighted by Gasteiger charge is -2.27. The summed E-state index contributed by atoms with van der Waals surface area (Å²) in [6, 6.07) is 11.6. The van der Waals surface area contributed by atoms with Crippen molar-refractivity contribution in [2.45, 2.75) is 19.4 Å². The lowest BCUT2D eigenvalue weighted by molar-refractivity contribution is -0.125. The van der Waals surface area contributed by atoms with Crippen LogP contribution < -0.4 is 5.32 Å². The molecule has 7 heteroatoms. The fourth-order valence-electron chi connectivity index (χ4n) is 3.04. The van der Waals surface area contributed by atoms with Gasteiger partial charge in [0.25, 0.3) is 0 Å². The number of carbonyl (C=O) groups excluding carboxylic acids is 1. The molecule has 1 amide bonds. The van der Waals surface area contributed by atoms with Gasteiger partial charge in [0, 0.05) is 11.3 Å². The Bertz CT molecular complexity index is 874. The summed E-state index contributed by atoms with van der Waals surface area (Å²) in [5.41, 5.74) is 1.97. The zero-order valence-electron chi connectivity index (χ0n) is 13.8. The maximum Gasteiger partial charge on any atom is 0.232 e. The van der Waals surface area contributed by atoms with Crippen LogP contribution in [0.5, 0.6) is 0 Å². The Morgan fingerprint density at radius 1 is 1.36 bits per heavy atom. The molecule has 0 fully saturated rings. The number of benzene rings is 1. The molecule has 2 unspecified atom stereocenters. The number of hydrogen-bond acceptors (Lipinski definition) is 5. The first-order valence-corrected chi connectivity index (χ1v) is 9.06. The lowest BCUT2D eigenvalue weighted by Crippen LogP contribution is -2.30. The Balaban J connectivity index is 1.53. The van der Waals surface area contributed by atoms with E-state index < -0.39 is 0 Å². The second kappa shape index (κ2) is 6.78. The van der Waals surface area contributed by atoms with Crippen molar-refractivity contribution in [3.63, 3.8) is 0 Å². The zero-order chi connectivity index (χ0) is 17.2. The van der Waals surface area contributed by atoms with Crippen LogP contribution >= 0.6 is 11.3 Å². The number of thiophene rings is 1. The van der Waals surface area contributed by atoms with E-state index in [9.17, 15) is 4.79 Å². The molecule has 25 heavy (non-hydrogen) atoms. The summed E-state index contributed by atoms with van der Waals surface area (Å²) in [5, 5.41) is 9.14. The SMILES string of the molecule is CC(C(=O)Nc1ncnn1-c1ccccc1)C1OCCc2sccc21. The number of para-hydroxylation sites is 1. The molecule has 0 spiro atoms. The Morgan fingerprint density at radius 3 is 3.04 bits per heavy atom. The molecule has 1 aliphatic rings.